The van der Waals surface area contributed by atoms with E-state index in [4.69, 9.17) is 0 Å². The Bertz CT molecular complexity index is 451. The lowest BCUT2D eigenvalue weighted by Crippen LogP contribution is -2.37. The minimum atomic E-state index is 0.0891. The number of fused-ring (bicyclic) bond motifs is 2. The van der Waals surface area contributed by atoms with Crippen LogP contribution in [0.4, 0.5) is 5.69 Å². The fraction of sp³-hybridized carbons (Fsp3) is 0.636. The zero-order chi connectivity index (χ0) is 11.3. The van der Waals surface area contributed by atoms with Crippen molar-refractivity contribution in [1.82, 2.24) is 14.7 Å². The third kappa shape index (κ3) is 1.17. The summed E-state index contributed by atoms with van der Waals surface area (Å²) < 4.78 is 1.77. The first-order valence-electron chi connectivity index (χ1n) is 5.77. The molecular formula is C11H16N4O. The van der Waals surface area contributed by atoms with Crippen molar-refractivity contribution in [2.45, 2.75) is 25.8 Å². The number of hydrogen-bond acceptors (Lipinski definition) is 3. The predicted molar refractivity (Wildman–Crippen MR) is 60.5 cm³/mol. The second kappa shape index (κ2) is 3.23. The minimum absolute atomic E-state index is 0.0891. The summed E-state index contributed by atoms with van der Waals surface area (Å²) in [6.45, 7) is 3.72. The Balaban J connectivity index is 2.07. The SMILES string of the molecule is Cc1c2c(nn1C)C(=O)N1CCC[C@H]1CN2. The quantitative estimate of drug-likeness (QED) is 0.702. The van der Waals surface area contributed by atoms with Crippen LogP contribution in [0, 0.1) is 6.92 Å². The van der Waals surface area contributed by atoms with E-state index in [2.05, 4.69) is 10.4 Å². The number of nitrogens with zero attached hydrogens (tertiary/aromatic N) is 3. The summed E-state index contributed by atoms with van der Waals surface area (Å²) in [5.41, 5.74) is 2.54. The molecule has 1 aromatic heterocycles. The van der Waals surface area contributed by atoms with Gasteiger partial charge in [-0.25, -0.2) is 0 Å². The molecule has 0 spiro atoms. The van der Waals surface area contributed by atoms with Gasteiger partial charge in [0.1, 0.15) is 0 Å². The van der Waals surface area contributed by atoms with Crippen LogP contribution in [0.3, 0.4) is 0 Å². The van der Waals surface area contributed by atoms with Crippen molar-refractivity contribution in [2.75, 3.05) is 18.4 Å². The van der Waals surface area contributed by atoms with E-state index in [9.17, 15) is 4.79 Å². The molecule has 3 heterocycles. The summed E-state index contributed by atoms with van der Waals surface area (Å²) in [6, 6.07) is 0.353. The van der Waals surface area contributed by atoms with Crippen molar-refractivity contribution in [1.29, 1.82) is 0 Å². The normalized spacial score (nSPS) is 23.8. The van der Waals surface area contributed by atoms with E-state index in [1.165, 1.54) is 0 Å². The van der Waals surface area contributed by atoms with Gasteiger partial charge in [-0.15, -0.1) is 0 Å². The van der Waals surface area contributed by atoms with E-state index < -0.39 is 0 Å². The van der Waals surface area contributed by atoms with Crippen LogP contribution in [-0.4, -0.2) is 39.7 Å². The highest BCUT2D eigenvalue weighted by atomic mass is 16.2. The van der Waals surface area contributed by atoms with Gasteiger partial charge in [0.15, 0.2) is 5.69 Å². The monoisotopic (exact) mass is 220 g/mol. The number of nitrogens with one attached hydrogen (secondary N) is 1. The topological polar surface area (TPSA) is 50.2 Å². The van der Waals surface area contributed by atoms with E-state index in [0.29, 0.717) is 11.7 Å². The molecule has 0 bridgehead atoms. The summed E-state index contributed by atoms with van der Waals surface area (Å²) in [5.74, 6) is 0.0891. The number of aryl methyl sites for hydroxylation is 1. The second-order valence-corrected chi connectivity index (χ2v) is 4.61. The molecule has 1 fully saturated rings. The molecule has 0 radical (unpaired) electrons. The Morgan fingerprint density at radius 2 is 2.31 bits per heavy atom. The Kier molecular flexibility index (Phi) is 1.96. The molecule has 1 saturated heterocycles. The molecule has 16 heavy (non-hydrogen) atoms. The molecule has 1 N–H and O–H groups in total. The van der Waals surface area contributed by atoms with Crippen LogP contribution in [0.1, 0.15) is 29.0 Å². The number of carbonyl (C=O) groups is 1. The Morgan fingerprint density at radius 1 is 1.50 bits per heavy atom. The van der Waals surface area contributed by atoms with Crippen LogP contribution >= 0.6 is 0 Å². The van der Waals surface area contributed by atoms with Crippen LogP contribution in [0.5, 0.6) is 0 Å². The molecule has 1 atom stereocenters. The summed E-state index contributed by atoms with van der Waals surface area (Å²) in [4.78, 5) is 14.3. The van der Waals surface area contributed by atoms with Crippen LogP contribution < -0.4 is 5.32 Å². The van der Waals surface area contributed by atoms with E-state index in [1.54, 1.807) is 4.68 Å². The van der Waals surface area contributed by atoms with Crippen molar-refractivity contribution in [3.63, 3.8) is 0 Å². The van der Waals surface area contributed by atoms with Gasteiger partial charge in [0.2, 0.25) is 0 Å². The molecule has 0 aromatic carbocycles. The fourth-order valence-corrected chi connectivity index (χ4v) is 2.64. The molecular weight excluding hydrogens is 204 g/mol. The molecule has 2 aliphatic rings. The first-order chi connectivity index (χ1) is 7.68. The fourth-order valence-electron chi connectivity index (χ4n) is 2.64. The Labute approximate surface area is 94.4 Å². The lowest BCUT2D eigenvalue weighted by atomic mass is 10.2. The zero-order valence-corrected chi connectivity index (χ0v) is 9.66. The lowest BCUT2D eigenvalue weighted by Gasteiger charge is -2.21. The van der Waals surface area contributed by atoms with Crippen molar-refractivity contribution in [3.05, 3.63) is 11.4 Å². The van der Waals surface area contributed by atoms with E-state index in [0.717, 1.165) is 37.3 Å². The first-order valence-corrected chi connectivity index (χ1v) is 5.77. The Hall–Kier alpha value is -1.52. The maximum Gasteiger partial charge on any atom is 0.276 e. The number of anilines is 1. The van der Waals surface area contributed by atoms with Gasteiger partial charge in [0, 0.05) is 26.2 Å². The van der Waals surface area contributed by atoms with E-state index in [-0.39, 0.29) is 5.91 Å². The number of amides is 1. The molecule has 0 aliphatic carbocycles. The van der Waals surface area contributed by atoms with E-state index >= 15 is 0 Å². The van der Waals surface area contributed by atoms with Crippen LogP contribution in [0.2, 0.25) is 0 Å². The molecule has 0 saturated carbocycles. The summed E-state index contributed by atoms with van der Waals surface area (Å²) >= 11 is 0. The van der Waals surface area contributed by atoms with Gasteiger partial charge >= 0.3 is 0 Å². The van der Waals surface area contributed by atoms with Crippen molar-refractivity contribution >= 4 is 11.6 Å². The van der Waals surface area contributed by atoms with Gasteiger partial charge in [-0.1, -0.05) is 0 Å². The highest BCUT2D eigenvalue weighted by Gasteiger charge is 2.35. The summed E-state index contributed by atoms with van der Waals surface area (Å²) in [7, 11) is 1.88. The average molecular weight is 220 g/mol. The molecule has 5 nitrogen and oxygen atoms in total. The maximum atomic E-state index is 12.3. The van der Waals surface area contributed by atoms with Crippen LogP contribution in [-0.2, 0) is 7.05 Å². The highest BCUT2D eigenvalue weighted by Crippen LogP contribution is 2.29. The van der Waals surface area contributed by atoms with Gasteiger partial charge in [0.05, 0.1) is 11.4 Å². The van der Waals surface area contributed by atoms with Crippen molar-refractivity contribution in [3.8, 4) is 0 Å². The van der Waals surface area contributed by atoms with Gasteiger partial charge in [-0.3, -0.25) is 9.48 Å². The number of rotatable bonds is 0. The van der Waals surface area contributed by atoms with E-state index in [1.807, 2.05) is 18.9 Å². The lowest BCUT2D eigenvalue weighted by molar-refractivity contribution is 0.0743. The standard InChI is InChI=1S/C11H16N4O/c1-7-9-10(13-14(7)2)11(16)15-5-3-4-8(15)6-12-9/h8,12H,3-6H2,1-2H3/t8-/m0/s1. The Morgan fingerprint density at radius 3 is 3.12 bits per heavy atom. The number of hydrogen-bond donors (Lipinski definition) is 1. The third-order valence-corrected chi connectivity index (χ3v) is 3.69. The number of aromatic nitrogens is 2. The van der Waals surface area contributed by atoms with Crippen LogP contribution in [0.15, 0.2) is 0 Å². The largest absolute Gasteiger partial charge is 0.380 e. The summed E-state index contributed by atoms with van der Waals surface area (Å²) in [5, 5.41) is 7.69. The van der Waals surface area contributed by atoms with Gasteiger partial charge in [0.25, 0.3) is 5.91 Å². The molecule has 1 aromatic rings. The first kappa shape index (κ1) is 9.69. The molecule has 3 rings (SSSR count). The second-order valence-electron chi connectivity index (χ2n) is 4.61. The predicted octanol–water partition coefficient (Wildman–Crippen LogP) is 0.759. The number of carbonyl (C=O) groups excluding carboxylic acids is 1. The smallest absolute Gasteiger partial charge is 0.276 e. The molecule has 0 unspecified atom stereocenters. The van der Waals surface area contributed by atoms with Crippen molar-refractivity contribution < 1.29 is 4.79 Å². The highest BCUT2D eigenvalue weighted by molar-refractivity contribution is 5.99. The van der Waals surface area contributed by atoms with Crippen LogP contribution in [0.25, 0.3) is 0 Å². The minimum Gasteiger partial charge on any atom is -0.380 e. The average Bonchev–Trinajstić information content (AvgIpc) is 2.80. The van der Waals surface area contributed by atoms with Crippen molar-refractivity contribution in [2.24, 2.45) is 7.05 Å². The zero-order valence-electron chi connectivity index (χ0n) is 9.66. The van der Waals surface area contributed by atoms with Gasteiger partial charge in [-0.05, 0) is 19.8 Å². The molecule has 86 valence electrons. The molecule has 1 amide bonds. The molecule has 2 aliphatic heterocycles. The van der Waals surface area contributed by atoms with Gasteiger partial charge in [-0.2, -0.15) is 5.10 Å². The summed E-state index contributed by atoms with van der Waals surface area (Å²) in [6.07, 6.45) is 2.22. The molecule has 5 heteroatoms. The third-order valence-electron chi connectivity index (χ3n) is 3.69. The maximum absolute atomic E-state index is 12.3. The van der Waals surface area contributed by atoms with Gasteiger partial charge < -0.3 is 10.2 Å².